The van der Waals surface area contributed by atoms with Crippen molar-refractivity contribution in [2.45, 2.75) is 51.2 Å². The third-order valence-electron chi connectivity index (χ3n) is 6.16. The van der Waals surface area contributed by atoms with E-state index in [0.29, 0.717) is 26.0 Å². The molecule has 1 aliphatic rings. The summed E-state index contributed by atoms with van der Waals surface area (Å²) in [6.07, 6.45) is 7.52. The average Bonchev–Trinajstić information content (AvgIpc) is 3.16. The first-order valence-corrected chi connectivity index (χ1v) is 13.0. The first-order chi connectivity index (χ1) is 17.1. The minimum Gasteiger partial charge on any atom is -0.493 e. The van der Waals surface area contributed by atoms with Gasteiger partial charge in [-0.15, -0.1) is 0 Å². The van der Waals surface area contributed by atoms with Crippen LogP contribution in [0.2, 0.25) is 0 Å². The van der Waals surface area contributed by atoms with Gasteiger partial charge in [0.25, 0.3) is 5.24 Å². The van der Waals surface area contributed by atoms with E-state index in [4.69, 9.17) is 4.74 Å². The number of ether oxygens (including phenoxy) is 1. The molecule has 182 valence electrons. The molecule has 1 atom stereocenters. The van der Waals surface area contributed by atoms with Gasteiger partial charge in [0, 0.05) is 43.2 Å². The Morgan fingerprint density at radius 2 is 1.43 bits per heavy atom. The van der Waals surface area contributed by atoms with Gasteiger partial charge in [-0.25, -0.2) is 0 Å². The molecule has 2 amide bonds. The molecule has 0 saturated carbocycles. The number of pyridine rings is 2. The van der Waals surface area contributed by atoms with Crippen molar-refractivity contribution in [3.63, 3.8) is 0 Å². The fourth-order valence-corrected chi connectivity index (χ4v) is 4.95. The Bertz CT molecular complexity index is 1130. The van der Waals surface area contributed by atoms with Crippen molar-refractivity contribution in [2.75, 3.05) is 13.2 Å². The van der Waals surface area contributed by atoms with E-state index in [1.807, 2.05) is 54.9 Å². The van der Waals surface area contributed by atoms with Crippen molar-refractivity contribution < 1.29 is 14.3 Å². The summed E-state index contributed by atoms with van der Waals surface area (Å²) >= 11 is 1.11. The number of amides is 2. The lowest BCUT2D eigenvalue weighted by molar-refractivity contribution is -0.126. The van der Waals surface area contributed by atoms with Crippen LogP contribution in [0.1, 0.15) is 41.9 Å². The number of hydrogen-bond donors (Lipinski definition) is 0. The second-order valence-corrected chi connectivity index (χ2v) is 9.74. The molecule has 0 bridgehead atoms. The van der Waals surface area contributed by atoms with E-state index in [9.17, 15) is 9.59 Å². The Kier molecular flexibility index (Phi) is 8.53. The van der Waals surface area contributed by atoms with Crippen LogP contribution >= 0.6 is 11.8 Å². The van der Waals surface area contributed by atoms with Gasteiger partial charge in [0.05, 0.1) is 11.9 Å². The summed E-state index contributed by atoms with van der Waals surface area (Å²) in [5, 5.41) is -0.562. The highest BCUT2D eigenvalue weighted by molar-refractivity contribution is 8.15. The van der Waals surface area contributed by atoms with Crippen LogP contribution < -0.4 is 4.74 Å². The van der Waals surface area contributed by atoms with Crippen molar-refractivity contribution in [3.05, 3.63) is 89.0 Å². The average molecular weight is 490 g/mol. The molecule has 4 rings (SSSR count). The fourth-order valence-electron chi connectivity index (χ4n) is 3.89. The van der Waals surface area contributed by atoms with Gasteiger partial charge in [0.2, 0.25) is 5.91 Å². The predicted molar refractivity (Wildman–Crippen MR) is 139 cm³/mol. The molecule has 0 N–H and O–H groups in total. The zero-order valence-corrected chi connectivity index (χ0v) is 21.1. The molecular weight excluding hydrogens is 458 g/mol. The summed E-state index contributed by atoms with van der Waals surface area (Å²) in [7, 11) is 0. The number of aryl methyl sites for hydroxylation is 2. The number of rotatable bonds is 11. The molecule has 0 unspecified atom stereocenters. The van der Waals surface area contributed by atoms with Crippen molar-refractivity contribution in [1.82, 2.24) is 14.9 Å². The summed E-state index contributed by atoms with van der Waals surface area (Å²) in [5.74, 6) is 0.663. The fraction of sp³-hybridized carbons (Fsp3) is 0.357. The lowest BCUT2D eigenvalue weighted by Gasteiger charge is -2.14. The molecule has 0 spiro atoms. The van der Waals surface area contributed by atoms with Crippen molar-refractivity contribution in [2.24, 2.45) is 0 Å². The number of benzene rings is 1. The van der Waals surface area contributed by atoms with Gasteiger partial charge in [0.1, 0.15) is 5.75 Å². The number of nitrogens with zero attached hydrogens (tertiary/aromatic N) is 3. The first kappa shape index (κ1) is 24.9. The Hall–Kier alpha value is -3.19. The van der Waals surface area contributed by atoms with Crippen LogP contribution in [0.4, 0.5) is 4.79 Å². The molecule has 1 fully saturated rings. The van der Waals surface area contributed by atoms with Gasteiger partial charge in [-0.1, -0.05) is 49.9 Å². The first-order valence-electron chi connectivity index (χ1n) is 12.2. The van der Waals surface area contributed by atoms with E-state index >= 15 is 0 Å². The van der Waals surface area contributed by atoms with E-state index in [1.165, 1.54) is 16.0 Å². The Labute approximate surface area is 211 Å². The number of carbonyl (C=O) groups is 2. The molecular formula is C28H31N3O3S. The van der Waals surface area contributed by atoms with E-state index in [-0.39, 0.29) is 16.4 Å². The second-order valence-electron chi connectivity index (χ2n) is 8.58. The van der Waals surface area contributed by atoms with Crippen LogP contribution in [-0.4, -0.2) is 44.4 Å². The minimum atomic E-state index is -0.387. The lowest BCUT2D eigenvalue weighted by atomic mass is 10.1. The van der Waals surface area contributed by atoms with Crippen LogP contribution in [0.25, 0.3) is 0 Å². The van der Waals surface area contributed by atoms with Gasteiger partial charge in [0.15, 0.2) is 0 Å². The Morgan fingerprint density at radius 1 is 0.829 bits per heavy atom. The molecule has 1 aliphatic heterocycles. The number of aromatic nitrogens is 2. The molecule has 3 heterocycles. The maximum absolute atomic E-state index is 12.9. The molecule has 1 aromatic carbocycles. The molecule has 2 aromatic heterocycles. The van der Waals surface area contributed by atoms with E-state index in [1.54, 1.807) is 0 Å². The van der Waals surface area contributed by atoms with Crippen LogP contribution in [0.5, 0.6) is 5.75 Å². The quantitative estimate of drug-likeness (QED) is 0.374. The van der Waals surface area contributed by atoms with E-state index in [0.717, 1.165) is 53.7 Å². The molecule has 7 heteroatoms. The predicted octanol–water partition coefficient (Wildman–Crippen LogP) is 5.07. The largest absolute Gasteiger partial charge is 0.493 e. The standard InChI is InChI=1S/C28H31N3O3S/c1-3-20-5-9-23(29-18-20)13-15-31-27(32)26(35-28(31)33)17-22-7-11-25(12-8-22)34-16-14-24-10-6-21(4-2)19-30-24/h5-12,18-19,26H,3-4,13-17H2,1-2H3/t26-/m0/s1. The minimum absolute atomic E-state index is 0.118. The highest BCUT2D eigenvalue weighted by atomic mass is 32.2. The molecule has 0 aliphatic carbocycles. The maximum atomic E-state index is 12.9. The van der Waals surface area contributed by atoms with Crippen molar-refractivity contribution in [1.29, 1.82) is 0 Å². The van der Waals surface area contributed by atoms with Gasteiger partial charge in [-0.05, 0) is 60.2 Å². The van der Waals surface area contributed by atoms with Gasteiger partial charge >= 0.3 is 0 Å². The topological polar surface area (TPSA) is 72.4 Å². The summed E-state index contributed by atoms with van der Waals surface area (Å²) in [6.45, 7) is 5.11. The highest BCUT2D eigenvalue weighted by Gasteiger charge is 2.39. The summed E-state index contributed by atoms with van der Waals surface area (Å²) in [6, 6.07) is 15.9. The second kappa shape index (κ2) is 12.0. The molecule has 1 saturated heterocycles. The summed E-state index contributed by atoms with van der Waals surface area (Å²) < 4.78 is 5.85. The number of thioether (sulfide) groups is 1. The Balaban J connectivity index is 1.24. The van der Waals surface area contributed by atoms with Crippen LogP contribution in [0, 0.1) is 0 Å². The van der Waals surface area contributed by atoms with Crippen LogP contribution in [-0.2, 0) is 36.9 Å². The van der Waals surface area contributed by atoms with E-state index < -0.39 is 0 Å². The van der Waals surface area contributed by atoms with Gasteiger partial charge in [-0.2, -0.15) is 0 Å². The molecule has 3 aromatic rings. The van der Waals surface area contributed by atoms with Crippen molar-refractivity contribution >= 4 is 22.9 Å². The van der Waals surface area contributed by atoms with Gasteiger partial charge < -0.3 is 4.74 Å². The maximum Gasteiger partial charge on any atom is 0.289 e. The highest BCUT2D eigenvalue weighted by Crippen LogP contribution is 2.30. The number of carbonyl (C=O) groups excluding carboxylic acids is 2. The third-order valence-corrected chi connectivity index (χ3v) is 7.23. The number of hydrogen-bond acceptors (Lipinski definition) is 6. The lowest BCUT2D eigenvalue weighted by Crippen LogP contribution is -2.34. The van der Waals surface area contributed by atoms with Crippen LogP contribution in [0.3, 0.4) is 0 Å². The molecule has 0 radical (unpaired) electrons. The zero-order chi connectivity index (χ0) is 24.6. The number of imide groups is 1. The molecule has 6 nitrogen and oxygen atoms in total. The smallest absolute Gasteiger partial charge is 0.289 e. The zero-order valence-electron chi connectivity index (χ0n) is 20.3. The molecule has 35 heavy (non-hydrogen) atoms. The third kappa shape index (κ3) is 6.69. The van der Waals surface area contributed by atoms with Crippen LogP contribution in [0.15, 0.2) is 60.9 Å². The SMILES string of the molecule is CCc1ccc(CCOc2ccc(C[C@@H]3SC(=O)N(CCc4ccc(CC)cn4)C3=O)cc2)nc1. The monoisotopic (exact) mass is 489 g/mol. The summed E-state index contributed by atoms with van der Waals surface area (Å²) in [5.41, 5.74) is 5.31. The van der Waals surface area contributed by atoms with E-state index in [2.05, 4.69) is 29.9 Å². The van der Waals surface area contributed by atoms with Gasteiger partial charge in [-0.3, -0.25) is 24.5 Å². The Morgan fingerprint density at radius 3 is 2.00 bits per heavy atom. The normalized spacial score (nSPS) is 15.6. The van der Waals surface area contributed by atoms with Crippen molar-refractivity contribution in [3.8, 4) is 5.75 Å². The summed E-state index contributed by atoms with van der Waals surface area (Å²) in [4.78, 5) is 35.6.